The summed E-state index contributed by atoms with van der Waals surface area (Å²) in [5.74, 6) is 0.646. The number of amidine groups is 1. The van der Waals surface area contributed by atoms with E-state index in [1.165, 1.54) is 24.8 Å². The summed E-state index contributed by atoms with van der Waals surface area (Å²) < 4.78 is 0. The molecule has 8 heteroatoms. The molecule has 4 aliphatic rings. The molecule has 0 aromatic heterocycles. The Morgan fingerprint density at radius 2 is 2.21 bits per heavy atom. The number of piperazine rings is 1. The van der Waals surface area contributed by atoms with Crippen LogP contribution in [0, 0.1) is 5.92 Å². The average molecular weight is 405 g/mol. The molecule has 1 fully saturated rings. The zero-order chi connectivity index (χ0) is 19.3. The third-order valence-electron chi connectivity index (χ3n) is 6.12. The number of thioether (sulfide) groups is 1. The van der Waals surface area contributed by atoms with Gasteiger partial charge >= 0.3 is 0 Å². The van der Waals surface area contributed by atoms with Gasteiger partial charge in [-0.1, -0.05) is 19.1 Å². The number of hydrazone groups is 1. The fourth-order valence-corrected chi connectivity index (χ4v) is 5.32. The number of rotatable bonds is 5. The minimum Gasteiger partial charge on any atom is -0.384 e. The molecule has 3 heterocycles. The molecule has 1 aliphatic carbocycles. The number of allylic oxidation sites excluding steroid dienone is 1. The summed E-state index contributed by atoms with van der Waals surface area (Å²) in [5, 5.41) is 12.0. The van der Waals surface area contributed by atoms with Crippen LogP contribution in [0.3, 0.4) is 0 Å². The van der Waals surface area contributed by atoms with Crippen LogP contribution in [0.2, 0.25) is 0 Å². The first-order chi connectivity index (χ1) is 13.7. The van der Waals surface area contributed by atoms with Gasteiger partial charge in [0.25, 0.3) is 0 Å². The first-order valence-electron chi connectivity index (χ1n) is 10.6. The summed E-state index contributed by atoms with van der Waals surface area (Å²) in [7, 11) is 0. The summed E-state index contributed by atoms with van der Waals surface area (Å²) in [6.07, 6.45) is 11.7. The van der Waals surface area contributed by atoms with Crippen LogP contribution in [0.15, 0.2) is 29.0 Å². The highest BCUT2D eigenvalue weighted by Crippen LogP contribution is 2.32. The molecule has 3 atom stereocenters. The minimum atomic E-state index is -0.157. The van der Waals surface area contributed by atoms with Crippen LogP contribution in [0.4, 0.5) is 0 Å². The van der Waals surface area contributed by atoms with Gasteiger partial charge in [0, 0.05) is 38.5 Å². The highest BCUT2D eigenvalue weighted by atomic mass is 32.2. The molecule has 0 aromatic rings. The number of hydrogen-bond acceptors (Lipinski definition) is 7. The second kappa shape index (κ2) is 9.22. The quantitative estimate of drug-likeness (QED) is 0.605. The van der Waals surface area contributed by atoms with E-state index >= 15 is 0 Å². The van der Waals surface area contributed by atoms with Crippen LogP contribution in [0.5, 0.6) is 0 Å². The van der Waals surface area contributed by atoms with E-state index in [4.69, 9.17) is 0 Å². The first-order valence-corrected chi connectivity index (χ1v) is 11.5. The second-order valence-electron chi connectivity index (χ2n) is 7.89. The largest absolute Gasteiger partial charge is 0.384 e. The van der Waals surface area contributed by atoms with Crippen molar-refractivity contribution in [2.75, 3.05) is 32.7 Å². The maximum absolute atomic E-state index is 12.5. The Balaban J connectivity index is 1.18. The number of hydrogen-bond donors (Lipinski definition) is 3. The molecule has 28 heavy (non-hydrogen) atoms. The number of amides is 1. The molecule has 0 saturated carbocycles. The van der Waals surface area contributed by atoms with Crippen LogP contribution in [-0.2, 0) is 4.79 Å². The fourth-order valence-electron chi connectivity index (χ4n) is 4.38. The van der Waals surface area contributed by atoms with Gasteiger partial charge in [-0.3, -0.25) is 10.2 Å². The maximum atomic E-state index is 12.5. The zero-order valence-electron chi connectivity index (χ0n) is 16.7. The summed E-state index contributed by atoms with van der Waals surface area (Å²) >= 11 is 1.61. The van der Waals surface area contributed by atoms with E-state index in [2.05, 4.69) is 56.2 Å². The maximum Gasteiger partial charge on any atom is 0.222 e. The van der Waals surface area contributed by atoms with E-state index < -0.39 is 0 Å². The molecule has 154 valence electrons. The number of carbonyl (C=O) groups excluding carboxylic acids is 1. The predicted molar refractivity (Wildman–Crippen MR) is 115 cm³/mol. The molecule has 3 aliphatic heterocycles. The van der Waals surface area contributed by atoms with Gasteiger partial charge in [0.05, 0.1) is 6.04 Å². The van der Waals surface area contributed by atoms with Crippen LogP contribution in [-0.4, -0.2) is 65.1 Å². The van der Waals surface area contributed by atoms with Crippen LogP contribution >= 0.6 is 11.8 Å². The van der Waals surface area contributed by atoms with Gasteiger partial charge in [-0.15, -0.1) is 0 Å². The monoisotopic (exact) mass is 404 g/mol. The van der Waals surface area contributed by atoms with Gasteiger partial charge in [0.2, 0.25) is 5.91 Å². The molecule has 0 radical (unpaired) electrons. The molecule has 7 nitrogen and oxygen atoms in total. The van der Waals surface area contributed by atoms with Crippen molar-refractivity contribution in [2.24, 2.45) is 11.0 Å². The average Bonchev–Trinajstić information content (AvgIpc) is 3.26. The van der Waals surface area contributed by atoms with Crippen molar-refractivity contribution in [2.45, 2.75) is 50.6 Å². The van der Waals surface area contributed by atoms with Crippen LogP contribution in [0.25, 0.3) is 0 Å². The van der Waals surface area contributed by atoms with Crippen molar-refractivity contribution in [3.8, 4) is 0 Å². The van der Waals surface area contributed by atoms with Gasteiger partial charge in [-0.2, -0.15) is 5.10 Å². The molecular weight excluding hydrogens is 372 g/mol. The summed E-state index contributed by atoms with van der Waals surface area (Å²) in [6, 6.07) is 0.428. The van der Waals surface area contributed by atoms with E-state index in [-0.39, 0.29) is 11.4 Å². The van der Waals surface area contributed by atoms with E-state index in [0.717, 1.165) is 44.3 Å². The number of nitrogens with one attached hydrogen (secondary N) is 3. The molecule has 3 unspecified atom stereocenters. The number of fused-ring (bicyclic) bond motifs is 1. The van der Waals surface area contributed by atoms with E-state index in [9.17, 15) is 4.79 Å². The molecule has 1 saturated heterocycles. The Kier molecular flexibility index (Phi) is 6.47. The Labute approximate surface area is 172 Å². The number of nitrogens with zero attached hydrogens (tertiary/aromatic N) is 3. The van der Waals surface area contributed by atoms with Crippen molar-refractivity contribution in [3.63, 3.8) is 0 Å². The smallest absolute Gasteiger partial charge is 0.222 e. The number of carbonyl (C=O) groups is 1. The molecule has 0 aromatic carbocycles. The van der Waals surface area contributed by atoms with Crippen molar-refractivity contribution in [3.05, 3.63) is 23.9 Å². The van der Waals surface area contributed by atoms with Gasteiger partial charge < -0.3 is 20.4 Å². The number of likely N-dealkylation sites (N-methyl/N-ethyl adjacent to an activating group) is 1. The van der Waals surface area contributed by atoms with Gasteiger partial charge in [-0.25, -0.2) is 0 Å². The lowest BCUT2D eigenvalue weighted by atomic mass is 9.89. The third-order valence-corrected chi connectivity index (χ3v) is 7.14. The minimum absolute atomic E-state index is 0.0887. The normalized spacial score (nSPS) is 30.0. The lowest BCUT2D eigenvalue weighted by Gasteiger charge is -2.34. The molecule has 1 amide bonds. The lowest BCUT2D eigenvalue weighted by Crippen LogP contribution is -2.47. The van der Waals surface area contributed by atoms with Crippen LogP contribution in [0.1, 0.15) is 39.0 Å². The molecule has 0 bridgehead atoms. The highest BCUT2D eigenvalue weighted by Gasteiger charge is 2.30. The molecule has 4 rings (SSSR count). The van der Waals surface area contributed by atoms with Gasteiger partial charge in [0.1, 0.15) is 0 Å². The Morgan fingerprint density at radius 1 is 1.36 bits per heavy atom. The fraction of sp³-hybridized carbons (Fsp3) is 0.700. The Morgan fingerprint density at radius 3 is 3.04 bits per heavy atom. The highest BCUT2D eigenvalue weighted by molar-refractivity contribution is 8.14. The zero-order valence-corrected chi connectivity index (χ0v) is 17.5. The third kappa shape index (κ3) is 4.66. The molecular formula is C20H32N6OS. The molecule has 3 N–H and O–H groups in total. The van der Waals surface area contributed by atoms with E-state index in [0.29, 0.717) is 18.4 Å². The van der Waals surface area contributed by atoms with Crippen molar-refractivity contribution >= 4 is 22.8 Å². The Hall–Kier alpha value is -1.67. The SMILES string of the molecule is CCN1CCN(C2=NNC(NC(=O)CCC3=CNC4C=CCCCC34)S2)CC1. The summed E-state index contributed by atoms with van der Waals surface area (Å²) in [5.41, 5.74) is 4.31. The second-order valence-corrected chi connectivity index (χ2v) is 8.96. The van der Waals surface area contributed by atoms with E-state index in [1.807, 2.05) is 0 Å². The Bertz CT molecular complexity index is 655. The van der Waals surface area contributed by atoms with Crippen molar-refractivity contribution in [1.29, 1.82) is 0 Å². The summed E-state index contributed by atoms with van der Waals surface area (Å²) in [4.78, 5) is 17.2. The van der Waals surface area contributed by atoms with Gasteiger partial charge in [0.15, 0.2) is 10.7 Å². The van der Waals surface area contributed by atoms with Crippen molar-refractivity contribution < 1.29 is 4.79 Å². The van der Waals surface area contributed by atoms with E-state index in [1.54, 1.807) is 11.8 Å². The van der Waals surface area contributed by atoms with Crippen molar-refractivity contribution in [1.82, 2.24) is 25.9 Å². The first kappa shape index (κ1) is 19.6. The topological polar surface area (TPSA) is 72.0 Å². The standard InChI is InChI=1S/C20H32N6OS/c1-2-25-10-12-26(13-11-25)20-24-23-19(28-20)22-18(27)9-8-15-14-21-17-7-5-3-4-6-16(15)17/h5,7,14,16-17,19,21,23H,2-4,6,8-13H2,1H3,(H,22,27). The van der Waals surface area contributed by atoms with Gasteiger partial charge in [-0.05, 0) is 55.8 Å². The van der Waals surface area contributed by atoms with Crippen LogP contribution < -0.4 is 16.1 Å². The summed E-state index contributed by atoms with van der Waals surface area (Å²) in [6.45, 7) is 7.46. The lowest BCUT2D eigenvalue weighted by molar-refractivity contribution is -0.121. The molecule has 0 spiro atoms. The predicted octanol–water partition coefficient (Wildman–Crippen LogP) is 1.62.